The minimum Gasteiger partial charge on any atom is -0.358 e. The van der Waals surface area contributed by atoms with E-state index in [1.54, 1.807) is 5.10 Å². The van der Waals surface area contributed by atoms with Crippen LogP contribution in [0, 0.1) is 0 Å². The van der Waals surface area contributed by atoms with Gasteiger partial charge in [0, 0.05) is 5.67 Å². The van der Waals surface area contributed by atoms with E-state index in [4.69, 9.17) is 0 Å². The average molecular weight is 297 g/mol. The highest BCUT2D eigenvalue weighted by molar-refractivity contribution is 7.02. The van der Waals surface area contributed by atoms with Crippen LogP contribution in [0.15, 0.2) is 11.2 Å². The lowest BCUT2D eigenvalue weighted by Gasteiger charge is -2.44. The van der Waals surface area contributed by atoms with Crippen LogP contribution in [0.3, 0.4) is 0 Å². The molecule has 0 aromatic rings. The fourth-order valence-corrected chi connectivity index (χ4v) is 11.9. The monoisotopic (exact) mass is 297 g/mol. The van der Waals surface area contributed by atoms with Crippen molar-refractivity contribution in [3.8, 4) is 0 Å². The summed E-state index contributed by atoms with van der Waals surface area (Å²) < 4.78 is 2.92. The Morgan fingerprint density at radius 3 is 1.61 bits per heavy atom. The van der Waals surface area contributed by atoms with Gasteiger partial charge in [-0.15, -0.1) is 0 Å². The summed E-state index contributed by atoms with van der Waals surface area (Å²) in [6.45, 7) is 25.8. The van der Waals surface area contributed by atoms with E-state index in [0.717, 1.165) is 5.67 Å². The van der Waals surface area contributed by atoms with Crippen LogP contribution < -0.4 is 0 Å². The molecule has 0 saturated carbocycles. The second-order valence-corrected chi connectivity index (χ2v) is 24.2. The van der Waals surface area contributed by atoms with E-state index < -0.39 is 24.4 Å². The van der Waals surface area contributed by atoms with Crippen molar-refractivity contribution in [2.45, 2.75) is 71.4 Å². The zero-order valence-corrected chi connectivity index (χ0v) is 17.2. The van der Waals surface area contributed by atoms with Crippen LogP contribution in [0.1, 0.15) is 0 Å². The predicted molar refractivity (Wildman–Crippen MR) is 95.4 cm³/mol. The van der Waals surface area contributed by atoms with Gasteiger partial charge >= 0.3 is 0 Å². The summed E-state index contributed by atoms with van der Waals surface area (Å²) in [5, 5.41) is 1.80. The molecule has 0 aromatic carbocycles. The van der Waals surface area contributed by atoms with Gasteiger partial charge in [-0.3, -0.25) is 0 Å². The third-order valence-electron chi connectivity index (χ3n) is 4.03. The third-order valence-corrected chi connectivity index (χ3v) is 11.0. The topological polar surface area (TPSA) is 3.24 Å². The maximum Gasteiger partial charge on any atom is 0.239 e. The van der Waals surface area contributed by atoms with Crippen LogP contribution in [0.5, 0.6) is 0 Å². The summed E-state index contributed by atoms with van der Waals surface area (Å²) >= 11 is 0. The molecule has 0 aromatic heterocycles. The maximum absolute atomic E-state index is 2.92. The summed E-state index contributed by atoms with van der Waals surface area (Å²) in [6.07, 6.45) is 2.70. The quantitative estimate of drug-likeness (QED) is 0.700. The molecule has 18 heavy (non-hydrogen) atoms. The molecule has 0 amide bonds. The molecular weight excluding hydrogens is 265 g/mol. The highest BCUT2D eigenvalue weighted by atomic mass is 28.3. The van der Waals surface area contributed by atoms with Gasteiger partial charge in [0.15, 0.2) is 0 Å². The van der Waals surface area contributed by atoms with Gasteiger partial charge < -0.3 is 4.48 Å². The van der Waals surface area contributed by atoms with Gasteiger partial charge in [-0.25, -0.2) is 0 Å². The molecule has 1 atom stereocenters. The van der Waals surface area contributed by atoms with Crippen LogP contribution in [-0.4, -0.2) is 41.4 Å². The van der Waals surface area contributed by atoms with Gasteiger partial charge in [-0.05, 0) is 0 Å². The summed E-state index contributed by atoms with van der Waals surface area (Å²) in [7, 11) is -3.56. The molecule has 1 aliphatic heterocycles. The maximum atomic E-state index is 2.92. The van der Waals surface area contributed by atoms with Gasteiger partial charge in [-0.1, -0.05) is 76.9 Å². The molecule has 0 radical (unpaired) electrons. The largest absolute Gasteiger partial charge is 0.358 e. The van der Waals surface area contributed by atoms with Crippen molar-refractivity contribution < 1.29 is 0 Å². The molecule has 0 saturated heterocycles. The van der Waals surface area contributed by atoms with Crippen molar-refractivity contribution >= 4 is 31.2 Å². The summed E-state index contributed by atoms with van der Waals surface area (Å²) in [6, 6.07) is 0. The highest BCUT2D eigenvalue weighted by Crippen LogP contribution is 2.35. The molecule has 1 rings (SSSR count). The normalized spacial score (nSPS) is 23.6. The van der Waals surface area contributed by atoms with Crippen molar-refractivity contribution in [1.82, 2.24) is 4.48 Å². The Bertz CT molecular complexity index is 347. The molecule has 104 valence electrons. The standard InChI is InChI=1S/C13H32BNSi3/c1-14-12(16(2,3)4)11-13(17(5,6)7)15(14)18(8,9)10/h11,13H,1-10H3. The van der Waals surface area contributed by atoms with Gasteiger partial charge in [0.25, 0.3) is 0 Å². The lowest BCUT2D eigenvalue weighted by Crippen LogP contribution is -2.62. The first kappa shape index (κ1) is 16.5. The van der Waals surface area contributed by atoms with Crippen molar-refractivity contribution in [2.24, 2.45) is 0 Å². The van der Waals surface area contributed by atoms with Crippen LogP contribution in [0.2, 0.25) is 65.7 Å². The van der Waals surface area contributed by atoms with Crippen LogP contribution in [0.25, 0.3) is 0 Å². The molecule has 1 unspecified atom stereocenters. The van der Waals surface area contributed by atoms with E-state index in [1.807, 2.05) is 0 Å². The van der Waals surface area contributed by atoms with Gasteiger partial charge in [-0.2, -0.15) is 0 Å². The number of rotatable bonds is 3. The zero-order valence-electron chi connectivity index (χ0n) is 14.2. The first-order valence-electron chi connectivity index (χ1n) is 7.27. The fourth-order valence-electron chi connectivity index (χ4n) is 3.32. The minimum absolute atomic E-state index is 0.694. The number of nitrogens with zero attached hydrogens (tertiary/aromatic N) is 1. The Morgan fingerprint density at radius 1 is 0.944 bits per heavy atom. The summed E-state index contributed by atoms with van der Waals surface area (Å²) in [5.74, 6) is 0. The molecular formula is C13H32BNSi3. The number of hydrogen-bond acceptors (Lipinski definition) is 1. The number of hydrogen-bond donors (Lipinski definition) is 0. The van der Waals surface area contributed by atoms with Crippen molar-refractivity contribution in [2.75, 3.05) is 0 Å². The Hall–Kier alpha value is 0.416. The smallest absolute Gasteiger partial charge is 0.239 e. The molecule has 0 bridgehead atoms. The van der Waals surface area contributed by atoms with Gasteiger partial charge in [0.2, 0.25) is 6.85 Å². The molecule has 1 nitrogen and oxygen atoms in total. The molecule has 0 fully saturated rings. The van der Waals surface area contributed by atoms with Crippen molar-refractivity contribution in [3.63, 3.8) is 0 Å². The molecule has 1 heterocycles. The second kappa shape index (κ2) is 4.76. The molecule has 0 spiro atoms. The van der Waals surface area contributed by atoms with Gasteiger partial charge in [0.1, 0.15) is 8.24 Å². The average Bonchev–Trinajstić information content (AvgIpc) is 2.39. The summed E-state index contributed by atoms with van der Waals surface area (Å²) in [4.78, 5) is 0. The Kier molecular flexibility index (Phi) is 4.35. The van der Waals surface area contributed by atoms with E-state index in [0.29, 0.717) is 6.85 Å². The lowest BCUT2D eigenvalue weighted by molar-refractivity contribution is 0.656. The highest BCUT2D eigenvalue weighted by Gasteiger charge is 2.48. The third kappa shape index (κ3) is 3.29. The minimum atomic E-state index is -1.24. The van der Waals surface area contributed by atoms with E-state index >= 15 is 0 Å². The van der Waals surface area contributed by atoms with Gasteiger partial charge in [0.05, 0.1) is 16.1 Å². The van der Waals surface area contributed by atoms with Crippen molar-refractivity contribution in [1.29, 1.82) is 0 Å². The van der Waals surface area contributed by atoms with E-state index in [1.165, 1.54) is 0 Å². The molecule has 0 aliphatic carbocycles. The predicted octanol–water partition coefficient (Wildman–Crippen LogP) is 4.35. The van der Waals surface area contributed by atoms with Crippen LogP contribution in [0.4, 0.5) is 0 Å². The first-order valence-corrected chi connectivity index (χ1v) is 17.8. The van der Waals surface area contributed by atoms with E-state index in [-0.39, 0.29) is 0 Å². The van der Waals surface area contributed by atoms with E-state index in [2.05, 4.69) is 76.3 Å². The van der Waals surface area contributed by atoms with Crippen LogP contribution >= 0.6 is 0 Å². The van der Waals surface area contributed by atoms with E-state index in [9.17, 15) is 0 Å². The first-order chi connectivity index (χ1) is 7.76. The Labute approximate surface area is 118 Å². The summed E-state index contributed by atoms with van der Waals surface area (Å²) in [5.41, 5.74) is 0.765. The Balaban J connectivity index is 3.24. The van der Waals surface area contributed by atoms with Crippen molar-refractivity contribution in [3.05, 3.63) is 11.2 Å². The fraction of sp³-hybridized carbons (Fsp3) is 0.846. The SMILES string of the molecule is CB1C([Si](C)(C)C)=CC([Si](C)(C)C)N1[Si](C)(C)C. The molecule has 0 N–H and O–H groups in total. The van der Waals surface area contributed by atoms with Crippen LogP contribution in [-0.2, 0) is 0 Å². The lowest BCUT2D eigenvalue weighted by atomic mass is 9.67. The second-order valence-electron chi connectivity index (χ2n) is 8.94. The molecule has 5 heteroatoms. The zero-order chi connectivity index (χ0) is 14.5. The Morgan fingerprint density at radius 2 is 1.39 bits per heavy atom. The molecule has 1 aliphatic rings.